The summed E-state index contributed by atoms with van der Waals surface area (Å²) in [6.07, 6.45) is 0. The topological polar surface area (TPSA) is 47.0 Å². The van der Waals surface area contributed by atoms with E-state index < -0.39 is 0 Å². The van der Waals surface area contributed by atoms with E-state index in [9.17, 15) is 0 Å². The number of nitrogens with zero attached hydrogens (tertiary/aromatic N) is 2. The van der Waals surface area contributed by atoms with Crippen molar-refractivity contribution in [2.75, 3.05) is 11.9 Å². The molecule has 0 aliphatic heterocycles. The van der Waals surface area contributed by atoms with Crippen LogP contribution >= 0.6 is 33.9 Å². The third-order valence-electron chi connectivity index (χ3n) is 2.90. The van der Waals surface area contributed by atoms with E-state index in [0.717, 1.165) is 28.3 Å². The first-order chi connectivity index (χ1) is 10.3. The predicted molar refractivity (Wildman–Crippen MR) is 95.1 cm³/mol. The van der Waals surface area contributed by atoms with Gasteiger partial charge in [-0.2, -0.15) is 0 Å². The van der Waals surface area contributed by atoms with Crippen molar-refractivity contribution in [3.63, 3.8) is 0 Å². The minimum atomic E-state index is 0.368. The Morgan fingerprint density at radius 3 is 2.76 bits per heavy atom. The number of thiophene rings is 1. The van der Waals surface area contributed by atoms with Crippen LogP contribution in [0, 0.1) is 3.57 Å². The first-order valence-electron chi connectivity index (χ1n) is 6.62. The van der Waals surface area contributed by atoms with Gasteiger partial charge in [-0.3, -0.25) is 0 Å². The fourth-order valence-corrected chi connectivity index (χ4v) is 3.09. The summed E-state index contributed by atoms with van der Waals surface area (Å²) in [5, 5.41) is 6.38. The lowest BCUT2D eigenvalue weighted by molar-refractivity contribution is 0.296. The monoisotopic (exact) mass is 411 g/mol. The maximum atomic E-state index is 5.75. The Kier molecular flexibility index (Phi) is 4.54. The number of halogens is 1. The van der Waals surface area contributed by atoms with Crippen LogP contribution in [0.2, 0.25) is 0 Å². The molecular weight excluding hydrogens is 397 g/mol. The number of nitrogens with one attached hydrogen (secondary N) is 1. The second-order valence-electron chi connectivity index (χ2n) is 4.40. The third-order valence-corrected chi connectivity index (χ3v) is 4.42. The van der Waals surface area contributed by atoms with Gasteiger partial charge < -0.3 is 10.1 Å². The molecule has 0 bridgehead atoms. The molecule has 0 spiro atoms. The summed E-state index contributed by atoms with van der Waals surface area (Å²) in [5.74, 6) is 2.40. The molecule has 0 saturated heterocycles. The molecule has 0 amide bonds. The maximum absolute atomic E-state index is 5.75. The Morgan fingerprint density at radius 2 is 2.00 bits per heavy atom. The number of anilines is 1. The van der Waals surface area contributed by atoms with Crippen molar-refractivity contribution in [3.05, 3.63) is 45.1 Å². The fourth-order valence-electron chi connectivity index (χ4n) is 1.95. The van der Waals surface area contributed by atoms with E-state index in [4.69, 9.17) is 4.74 Å². The molecule has 108 valence electrons. The van der Waals surface area contributed by atoms with Crippen LogP contribution in [0.25, 0.3) is 10.2 Å². The highest BCUT2D eigenvalue weighted by Crippen LogP contribution is 2.25. The van der Waals surface area contributed by atoms with Gasteiger partial charge in [0.2, 0.25) is 0 Å². The molecule has 0 aliphatic rings. The van der Waals surface area contributed by atoms with E-state index in [-0.39, 0.29) is 0 Å². The maximum Gasteiger partial charge on any atom is 0.169 e. The lowest BCUT2D eigenvalue weighted by Crippen LogP contribution is -2.06. The molecule has 1 N–H and O–H groups in total. The zero-order valence-corrected chi connectivity index (χ0v) is 14.4. The standard InChI is InChI=1S/C15H14IN3OS/c1-2-17-14-12-7-8-21-15(12)19-13(18-14)9-20-11-5-3-10(16)4-6-11/h3-8H,2,9H2,1H3,(H,17,18,19). The van der Waals surface area contributed by atoms with Crippen molar-refractivity contribution >= 4 is 50.0 Å². The molecule has 2 heterocycles. The Morgan fingerprint density at radius 1 is 1.19 bits per heavy atom. The van der Waals surface area contributed by atoms with E-state index in [2.05, 4.69) is 44.8 Å². The van der Waals surface area contributed by atoms with Gasteiger partial charge in [-0.25, -0.2) is 9.97 Å². The van der Waals surface area contributed by atoms with E-state index in [0.29, 0.717) is 12.4 Å². The molecule has 2 aromatic heterocycles. The van der Waals surface area contributed by atoms with Crippen LogP contribution in [0.15, 0.2) is 35.7 Å². The number of ether oxygens (including phenoxy) is 1. The molecule has 0 unspecified atom stereocenters. The van der Waals surface area contributed by atoms with Gasteiger partial charge in [0.15, 0.2) is 5.82 Å². The Labute approximate surface area is 140 Å². The molecule has 0 atom stereocenters. The molecule has 4 nitrogen and oxygen atoms in total. The Hall–Kier alpha value is -1.41. The Balaban J connectivity index is 1.81. The highest BCUT2D eigenvalue weighted by molar-refractivity contribution is 14.1. The molecule has 0 radical (unpaired) electrons. The lowest BCUT2D eigenvalue weighted by Gasteiger charge is -2.08. The van der Waals surface area contributed by atoms with Gasteiger partial charge in [0.05, 0.1) is 5.39 Å². The quantitative estimate of drug-likeness (QED) is 0.636. The van der Waals surface area contributed by atoms with Crippen LogP contribution in [0.4, 0.5) is 5.82 Å². The number of rotatable bonds is 5. The molecule has 21 heavy (non-hydrogen) atoms. The SMILES string of the molecule is CCNc1nc(COc2ccc(I)cc2)nc2sccc12. The summed E-state index contributed by atoms with van der Waals surface area (Å²) < 4.78 is 6.94. The third kappa shape index (κ3) is 3.44. The van der Waals surface area contributed by atoms with Crippen LogP contribution in [0.5, 0.6) is 5.75 Å². The van der Waals surface area contributed by atoms with E-state index in [1.54, 1.807) is 11.3 Å². The van der Waals surface area contributed by atoms with Crippen molar-refractivity contribution in [2.24, 2.45) is 0 Å². The zero-order chi connectivity index (χ0) is 14.7. The summed E-state index contributed by atoms with van der Waals surface area (Å²) in [6.45, 7) is 3.26. The van der Waals surface area contributed by atoms with Crippen molar-refractivity contribution < 1.29 is 4.74 Å². The molecule has 3 rings (SSSR count). The number of hydrogen-bond acceptors (Lipinski definition) is 5. The molecule has 3 aromatic rings. The Bertz CT molecular complexity index is 742. The largest absolute Gasteiger partial charge is 0.486 e. The van der Waals surface area contributed by atoms with Crippen LogP contribution < -0.4 is 10.1 Å². The van der Waals surface area contributed by atoms with Gasteiger partial charge in [0.25, 0.3) is 0 Å². The minimum Gasteiger partial charge on any atom is -0.486 e. The second kappa shape index (κ2) is 6.57. The molecular formula is C15H14IN3OS. The highest BCUT2D eigenvalue weighted by Gasteiger charge is 2.08. The van der Waals surface area contributed by atoms with Crippen LogP contribution in [-0.2, 0) is 6.61 Å². The van der Waals surface area contributed by atoms with E-state index in [1.807, 2.05) is 35.7 Å². The normalized spacial score (nSPS) is 10.8. The molecule has 1 aromatic carbocycles. The number of aromatic nitrogens is 2. The highest BCUT2D eigenvalue weighted by atomic mass is 127. The number of benzene rings is 1. The molecule has 0 fully saturated rings. The average molecular weight is 411 g/mol. The van der Waals surface area contributed by atoms with E-state index >= 15 is 0 Å². The first-order valence-corrected chi connectivity index (χ1v) is 8.58. The van der Waals surface area contributed by atoms with Gasteiger partial charge in [0, 0.05) is 10.1 Å². The van der Waals surface area contributed by atoms with Crippen LogP contribution in [-0.4, -0.2) is 16.5 Å². The summed E-state index contributed by atoms with van der Waals surface area (Å²) in [7, 11) is 0. The average Bonchev–Trinajstić information content (AvgIpc) is 2.96. The van der Waals surface area contributed by atoms with Crippen LogP contribution in [0.1, 0.15) is 12.7 Å². The van der Waals surface area contributed by atoms with Crippen LogP contribution in [0.3, 0.4) is 0 Å². The zero-order valence-electron chi connectivity index (χ0n) is 11.5. The number of fused-ring (bicyclic) bond motifs is 1. The van der Waals surface area contributed by atoms with Gasteiger partial charge in [-0.1, -0.05) is 0 Å². The summed E-state index contributed by atoms with van der Waals surface area (Å²) in [5.41, 5.74) is 0. The van der Waals surface area contributed by atoms with Gasteiger partial charge in [-0.05, 0) is 65.2 Å². The van der Waals surface area contributed by atoms with Crippen molar-refractivity contribution in [2.45, 2.75) is 13.5 Å². The fraction of sp³-hybridized carbons (Fsp3) is 0.200. The summed E-state index contributed by atoms with van der Waals surface area (Å²) in [4.78, 5) is 10.1. The number of hydrogen-bond donors (Lipinski definition) is 1. The van der Waals surface area contributed by atoms with Gasteiger partial charge >= 0.3 is 0 Å². The molecule has 6 heteroatoms. The minimum absolute atomic E-state index is 0.368. The van der Waals surface area contributed by atoms with E-state index in [1.165, 1.54) is 3.57 Å². The summed E-state index contributed by atoms with van der Waals surface area (Å²) in [6, 6.07) is 9.99. The van der Waals surface area contributed by atoms with Gasteiger partial charge in [0.1, 0.15) is 23.0 Å². The second-order valence-corrected chi connectivity index (χ2v) is 6.54. The lowest BCUT2D eigenvalue weighted by atomic mass is 10.3. The first kappa shape index (κ1) is 14.5. The van der Waals surface area contributed by atoms with Crippen molar-refractivity contribution in [1.82, 2.24) is 9.97 Å². The predicted octanol–water partition coefficient (Wildman–Crippen LogP) is 4.31. The van der Waals surface area contributed by atoms with Gasteiger partial charge in [-0.15, -0.1) is 11.3 Å². The molecule has 0 aliphatic carbocycles. The van der Waals surface area contributed by atoms with Crippen molar-refractivity contribution in [1.29, 1.82) is 0 Å². The smallest absolute Gasteiger partial charge is 0.169 e. The van der Waals surface area contributed by atoms with Crippen molar-refractivity contribution in [3.8, 4) is 5.75 Å². The molecule has 0 saturated carbocycles. The summed E-state index contributed by atoms with van der Waals surface area (Å²) >= 11 is 3.89.